The number of rotatable bonds is 7. The van der Waals surface area contributed by atoms with Crippen LogP contribution in [0.1, 0.15) is 0 Å². The molecule has 0 unspecified atom stereocenters. The standard InChI is InChI=1S/C10H15BN4O3/c1-18-10(16)8(15-6-11-17)5-14-9-7(12)3-2-4-13-9/h2-4,8,15H,5-6,12H2,1H3,(H,13,14)/t8-/m0/s1. The number of carbonyl (C=O) groups excluding carboxylic acids is 1. The number of nitrogens with two attached hydrogens (primary N) is 1. The Hall–Kier alpha value is -1.96. The van der Waals surface area contributed by atoms with Crippen molar-refractivity contribution in [2.75, 3.05) is 31.1 Å². The summed E-state index contributed by atoms with van der Waals surface area (Å²) in [5, 5.41) is 5.66. The fourth-order valence-electron chi connectivity index (χ4n) is 1.34. The Morgan fingerprint density at radius 2 is 2.44 bits per heavy atom. The number of nitrogens with zero attached hydrogens (tertiary/aromatic N) is 1. The van der Waals surface area contributed by atoms with Crippen molar-refractivity contribution in [1.82, 2.24) is 10.3 Å². The van der Waals surface area contributed by atoms with E-state index in [2.05, 4.69) is 20.4 Å². The molecular formula is C10H15BN4O3. The van der Waals surface area contributed by atoms with E-state index in [4.69, 9.17) is 5.73 Å². The van der Waals surface area contributed by atoms with Crippen molar-refractivity contribution in [2.45, 2.75) is 6.04 Å². The third-order valence-corrected chi connectivity index (χ3v) is 2.25. The zero-order valence-corrected chi connectivity index (χ0v) is 10.1. The van der Waals surface area contributed by atoms with Crippen LogP contribution in [0, 0.1) is 0 Å². The molecular weight excluding hydrogens is 235 g/mol. The number of nitrogen functional groups attached to an aromatic ring is 1. The molecule has 0 spiro atoms. The topological polar surface area (TPSA) is 106 Å². The number of methoxy groups -OCH3 is 1. The van der Waals surface area contributed by atoms with Crippen molar-refractivity contribution in [1.29, 1.82) is 0 Å². The van der Waals surface area contributed by atoms with Gasteiger partial charge in [-0.2, -0.15) is 0 Å². The van der Waals surface area contributed by atoms with Crippen LogP contribution in [0.2, 0.25) is 0 Å². The number of pyridine rings is 1. The molecule has 0 saturated heterocycles. The van der Waals surface area contributed by atoms with Gasteiger partial charge in [0.1, 0.15) is 0 Å². The van der Waals surface area contributed by atoms with Gasteiger partial charge < -0.3 is 0 Å². The van der Waals surface area contributed by atoms with E-state index in [-0.39, 0.29) is 13.0 Å². The summed E-state index contributed by atoms with van der Waals surface area (Å²) in [4.78, 5) is 15.5. The summed E-state index contributed by atoms with van der Waals surface area (Å²) in [6, 6.07) is 2.77. The maximum absolute atomic E-state index is 11.4. The minimum absolute atomic E-state index is 0.0686. The van der Waals surface area contributed by atoms with Crippen LogP contribution in [0.3, 0.4) is 0 Å². The van der Waals surface area contributed by atoms with Crippen LogP contribution in [0.5, 0.6) is 0 Å². The minimum atomic E-state index is -0.637. The van der Waals surface area contributed by atoms with Gasteiger partial charge in [-0.1, -0.05) is 0 Å². The fraction of sp³-hybridized carbons (Fsp3) is 0.400. The first-order chi connectivity index (χ1) is 8.69. The van der Waals surface area contributed by atoms with Gasteiger partial charge in [0.05, 0.1) is 0 Å². The Morgan fingerprint density at radius 1 is 1.67 bits per heavy atom. The van der Waals surface area contributed by atoms with Gasteiger partial charge in [-0.25, -0.2) is 0 Å². The molecule has 1 aromatic rings. The van der Waals surface area contributed by atoms with Crippen LogP contribution in [0.4, 0.5) is 11.5 Å². The summed E-state index contributed by atoms with van der Waals surface area (Å²) in [6.07, 6.45) is 1.66. The van der Waals surface area contributed by atoms with Crippen molar-refractivity contribution >= 4 is 24.6 Å². The molecule has 0 radical (unpaired) electrons. The Labute approximate surface area is 105 Å². The molecule has 0 aliphatic carbocycles. The number of esters is 1. The number of anilines is 2. The first kappa shape index (κ1) is 14.1. The Balaban J connectivity index is 2.58. The first-order valence-corrected chi connectivity index (χ1v) is 5.38. The Bertz CT molecular complexity index is 416. The third kappa shape index (κ3) is 4.13. The van der Waals surface area contributed by atoms with E-state index in [1.54, 1.807) is 18.3 Å². The molecule has 0 aromatic carbocycles. The van der Waals surface area contributed by atoms with E-state index in [0.29, 0.717) is 18.7 Å². The normalized spacial score (nSPS) is 11.4. The summed E-state index contributed by atoms with van der Waals surface area (Å²) in [7, 11) is 1.96. The molecule has 8 heteroatoms. The average molecular weight is 250 g/mol. The Kier molecular flexibility index (Phi) is 5.79. The van der Waals surface area contributed by atoms with Crippen molar-refractivity contribution in [3.8, 4) is 0 Å². The average Bonchev–Trinajstić information content (AvgIpc) is 2.40. The van der Waals surface area contributed by atoms with Gasteiger partial charge in [0.25, 0.3) is 0 Å². The van der Waals surface area contributed by atoms with E-state index in [1.807, 2.05) is 0 Å². The number of aromatic nitrogens is 1. The predicted molar refractivity (Wildman–Crippen MR) is 67.4 cm³/mol. The third-order valence-electron chi connectivity index (χ3n) is 2.25. The second-order valence-electron chi connectivity index (χ2n) is 3.47. The first-order valence-electron chi connectivity index (χ1n) is 5.38. The van der Waals surface area contributed by atoms with Crippen LogP contribution in [-0.4, -0.2) is 44.2 Å². The number of ether oxygens (including phenoxy) is 1. The van der Waals surface area contributed by atoms with Gasteiger partial charge in [0, 0.05) is 0 Å². The van der Waals surface area contributed by atoms with Gasteiger partial charge in [0.2, 0.25) is 0 Å². The van der Waals surface area contributed by atoms with E-state index < -0.39 is 12.0 Å². The van der Waals surface area contributed by atoms with Crippen molar-refractivity contribution < 1.29 is 14.2 Å². The quantitative estimate of drug-likeness (QED) is 0.430. The van der Waals surface area contributed by atoms with E-state index in [1.165, 1.54) is 7.11 Å². The van der Waals surface area contributed by atoms with Crippen molar-refractivity contribution in [3.63, 3.8) is 0 Å². The summed E-state index contributed by atoms with van der Waals surface area (Å²) in [6.45, 7) is 0.224. The number of nitrogens with one attached hydrogen (secondary N) is 2. The van der Waals surface area contributed by atoms with Gasteiger partial charge >= 0.3 is 105 Å². The van der Waals surface area contributed by atoms with E-state index in [0.717, 1.165) is 0 Å². The van der Waals surface area contributed by atoms with Gasteiger partial charge in [-0.15, -0.1) is 0 Å². The maximum atomic E-state index is 11.4. The molecule has 0 aliphatic rings. The number of carbonyl (C=O) groups is 1. The van der Waals surface area contributed by atoms with Gasteiger partial charge in [-0.05, 0) is 0 Å². The molecule has 0 amide bonds. The number of hydrogen-bond donors (Lipinski definition) is 3. The van der Waals surface area contributed by atoms with Crippen LogP contribution in [0.25, 0.3) is 0 Å². The number of hydrogen-bond acceptors (Lipinski definition) is 7. The van der Waals surface area contributed by atoms with E-state index >= 15 is 0 Å². The van der Waals surface area contributed by atoms with Gasteiger partial charge in [0.15, 0.2) is 0 Å². The molecule has 1 atom stereocenters. The van der Waals surface area contributed by atoms with Crippen molar-refractivity contribution in [3.05, 3.63) is 18.3 Å². The van der Waals surface area contributed by atoms with E-state index in [9.17, 15) is 9.50 Å². The zero-order chi connectivity index (χ0) is 13.4. The zero-order valence-electron chi connectivity index (χ0n) is 10.1. The second kappa shape index (κ2) is 7.39. The van der Waals surface area contributed by atoms with Crippen LogP contribution < -0.4 is 16.4 Å². The van der Waals surface area contributed by atoms with Gasteiger partial charge in [-0.3, -0.25) is 0 Å². The van der Waals surface area contributed by atoms with Crippen LogP contribution in [0.15, 0.2) is 18.3 Å². The molecule has 4 N–H and O–H groups in total. The van der Waals surface area contributed by atoms with Crippen LogP contribution in [-0.2, 0) is 14.2 Å². The molecule has 0 fully saturated rings. The molecule has 0 saturated carbocycles. The summed E-state index contributed by atoms with van der Waals surface area (Å²) in [5.41, 5.74) is 6.18. The fourth-order valence-corrected chi connectivity index (χ4v) is 1.34. The van der Waals surface area contributed by atoms with Crippen molar-refractivity contribution in [2.24, 2.45) is 0 Å². The SMILES string of the molecule is COC(=O)[C@H](CNc1ncccc1N)NCB=O. The summed E-state index contributed by atoms with van der Waals surface area (Å²) in [5.74, 6) is 0.0261. The molecule has 0 aliphatic heterocycles. The summed E-state index contributed by atoms with van der Waals surface area (Å²) >= 11 is 0. The molecule has 1 heterocycles. The molecule has 18 heavy (non-hydrogen) atoms. The molecule has 7 nitrogen and oxygen atoms in total. The van der Waals surface area contributed by atoms with Crippen LogP contribution >= 0.6 is 0 Å². The molecule has 96 valence electrons. The summed E-state index contributed by atoms with van der Waals surface area (Å²) < 4.78 is 14.9. The molecule has 1 aromatic heterocycles. The Morgan fingerprint density at radius 3 is 3.06 bits per heavy atom. The predicted octanol–water partition coefficient (Wildman–Crippen LogP) is -0.786. The second-order valence-corrected chi connectivity index (χ2v) is 3.47. The molecule has 0 bridgehead atoms. The monoisotopic (exact) mass is 250 g/mol. The molecule has 1 rings (SSSR count).